The summed E-state index contributed by atoms with van der Waals surface area (Å²) in [6.07, 6.45) is 29.3. The maximum atomic E-state index is 2.57. The summed E-state index contributed by atoms with van der Waals surface area (Å²) >= 11 is 0. The van der Waals surface area contributed by atoms with Crippen molar-refractivity contribution in [3.63, 3.8) is 0 Å². The van der Waals surface area contributed by atoms with E-state index in [9.17, 15) is 0 Å². The van der Waals surface area contributed by atoms with Crippen molar-refractivity contribution in [2.45, 2.75) is 143 Å². The summed E-state index contributed by atoms with van der Waals surface area (Å²) < 4.78 is 5.13. The molecular formula is C31H53N2+. The van der Waals surface area contributed by atoms with Gasteiger partial charge in [-0.2, -0.15) is 0 Å². The first-order valence-corrected chi connectivity index (χ1v) is 14.5. The number of rotatable bonds is 21. The van der Waals surface area contributed by atoms with Gasteiger partial charge in [-0.05, 0) is 37.7 Å². The van der Waals surface area contributed by atoms with Crippen LogP contribution in [-0.4, -0.2) is 4.57 Å². The molecule has 186 valence electrons. The Morgan fingerprint density at radius 3 is 1.82 bits per heavy atom. The van der Waals surface area contributed by atoms with E-state index >= 15 is 0 Å². The van der Waals surface area contributed by atoms with E-state index in [4.69, 9.17) is 0 Å². The normalized spacial score (nSPS) is 11.3. The Morgan fingerprint density at radius 2 is 1.18 bits per heavy atom. The molecule has 0 spiro atoms. The lowest BCUT2D eigenvalue weighted by molar-refractivity contribution is -0.704. The van der Waals surface area contributed by atoms with Crippen molar-refractivity contribution in [3.05, 3.63) is 54.1 Å². The summed E-state index contributed by atoms with van der Waals surface area (Å²) in [5.74, 6) is 1.57. The van der Waals surface area contributed by atoms with Crippen LogP contribution in [0.1, 0.15) is 128 Å². The lowest BCUT2D eigenvalue weighted by Gasteiger charge is -2.07. The predicted octanol–water partition coefficient (Wildman–Crippen LogP) is 8.84. The Kier molecular flexibility index (Phi) is 15.8. The zero-order valence-corrected chi connectivity index (χ0v) is 22.1. The molecule has 1 aromatic heterocycles. The van der Waals surface area contributed by atoms with Gasteiger partial charge >= 0.3 is 0 Å². The molecule has 0 fully saturated rings. The summed E-state index contributed by atoms with van der Waals surface area (Å²) in [7, 11) is 0. The largest absolute Gasteiger partial charge is 0.256 e. The molecule has 33 heavy (non-hydrogen) atoms. The van der Waals surface area contributed by atoms with E-state index < -0.39 is 0 Å². The number of unbranched alkanes of at least 4 members (excludes halogenated alkanes) is 13. The molecule has 2 rings (SSSR count). The first-order valence-electron chi connectivity index (χ1n) is 14.5. The molecule has 0 aliphatic heterocycles. The standard InChI is InChI=1S/C31H53N2/c1-3-5-7-9-10-11-12-13-14-19-25-31-32(26-20-15-8-6-4-2)28-29-33(31)27-21-24-30-22-17-16-18-23-30/h16-18,22-23,28-29H,3-15,19-21,24-27H2,1-2H3/q+1. The monoisotopic (exact) mass is 453 g/mol. The molecule has 2 heteroatoms. The van der Waals surface area contributed by atoms with E-state index in [0.29, 0.717) is 0 Å². The van der Waals surface area contributed by atoms with Crippen LogP contribution in [0.4, 0.5) is 0 Å². The van der Waals surface area contributed by atoms with E-state index in [1.165, 1.54) is 128 Å². The third-order valence-electron chi connectivity index (χ3n) is 7.05. The third-order valence-corrected chi connectivity index (χ3v) is 7.05. The van der Waals surface area contributed by atoms with Crippen molar-refractivity contribution >= 4 is 0 Å². The molecule has 2 nitrogen and oxygen atoms in total. The van der Waals surface area contributed by atoms with Crippen molar-refractivity contribution in [3.8, 4) is 0 Å². The average molecular weight is 454 g/mol. The molecular weight excluding hydrogens is 400 g/mol. The van der Waals surface area contributed by atoms with Crippen LogP contribution in [0.15, 0.2) is 42.7 Å². The number of aryl methyl sites for hydroxylation is 3. The summed E-state index contributed by atoms with van der Waals surface area (Å²) in [4.78, 5) is 0. The topological polar surface area (TPSA) is 8.81 Å². The van der Waals surface area contributed by atoms with Gasteiger partial charge in [0.2, 0.25) is 0 Å². The van der Waals surface area contributed by atoms with Crippen LogP contribution in [0.25, 0.3) is 0 Å². The Morgan fingerprint density at radius 1 is 0.606 bits per heavy atom. The maximum absolute atomic E-state index is 2.57. The molecule has 1 heterocycles. The molecule has 0 saturated heterocycles. The van der Waals surface area contributed by atoms with Gasteiger partial charge in [-0.15, -0.1) is 0 Å². The molecule has 0 bridgehead atoms. The number of benzene rings is 1. The zero-order valence-electron chi connectivity index (χ0n) is 22.1. The van der Waals surface area contributed by atoms with E-state index in [0.717, 1.165) is 6.54 Å². The summed E-state index contributed by atoms with van der Waals surface area (Å²) in [5, 5.41) is 0. The fourth-order valence-corrected chi connectivity index (χ4v) is 4.95. The van der Waals surface area contributed by atoms with Crippen LogP contribution in [0, 0.1) is 0 Å². The smallest absolute Gasteiger partial charge is 0.234 e. The minimum absolute atomic E-state index is 1.14. The second-order valence-corrected chi connectivity index (χ2v) is 10.0. The lowest BCUT2D eigenvalue weighted by atomic mass is 10.1. The lowest BCUT2D eigenvalue weighted by Crippen LogP contribution is -2.37. The van der Waals surface area contributed by atoms with Gasteiger partial charge in [0.05, 0.1) is 13.1 Å². The Hall–Kier alpha value is -1.57. The summed E-state index contributed by atoms with van der Waals surface area (Å²) in [6, 6.07) is 11.0. The highest BCUT2D eigenvalue weighted by Crippen LogP contribution is 2.13. The maximum Gasteiger partial charge on any atom is 0.256 e. The second-order valence-electron chi connectivity index (χ2n) is 10.0. The van der Waals surface area contributed by atoms with E-state index in [2.05, 4.69) is 65.7 Å². The Balaban J connectivity index is 1.75. The average Bonchev–Trinajstić information content (AvgIpc) is 3.22. The van der Waals surface area contributed by atoms with Crippen LogP contribution < -0.4 is 4.57 Å². The molecule has 0 aliphatic rings. The summed E-state index contributed by atoms with van der Waals surface area (Å²) in [5.41, 5.74) is 1.46. The van der Waals surface area contributed by atoms with Gasteiger partial charge in [0.15, 0.2) is 0 Å². The van der Waals surface area contributed by atoms with Crippen molar-refractivity contribution in [1.29, 1.82) is 0 Å². The predicted molar refractivity (Wildman–Crippen MR) is 144 cm³/mol. The van der Waals surface area contributed by atoms with Gasteiger partial charge in [0.25, 0.3) is 5.82 Å². The molecule has 0 radical (unpaired) electrons. The molecule has 0 amide bonds. The third kappa shape index (κ3) is 12.5. The first-order chi connectivity index (χ1) is 16.3. The fourth-order valence-electron chi connectivity index (χ4n) is 4.95. The van der Waals surface area contributed by atoms with Gasteiger partial charge in [0, 0.05) is 6.42 Å². The van der Waals surface area contributed by atoms with Gasteiger partial charge in [-0.1, -0.05) is 121 Å². The van der Waals surface area contributed by atoms with Crippen LogP contribution >= 0.6 is 0 Å². The van der Waals surface area contributed by atoms with Crippen molar-refractivity contribution in [2.24, 2.45) is 0 Å². The SMILES string of the molecule is CCCCCCCCCCCCc1n(CCCCCCC)cc[n+]1CCCc1ccccc1. The number of hydrogen-bond acceptors (Lipinski definition) is 0. The van der Waals surface area contributed by atoms with Crippen molar-refractivity contribution in [2.75, 3.05) is 0 Å². The van der Waals surface area contributed by atoms with Crippen LogP contribution in [0.3, 0.4) is 0 Å². The van der Waals surface area contributed by atoms with Gasteiger partial charge in [0.1, 0.15) is 12.4 Å². The molecule has 2 aromatic rings. The highest BCUT2D eigenvalue weighted by atomic mass is 15.1. The molecule has 0 unspecified atom stereocenters. The summed E-state index contributed by atoms with van der Waals surface area (Å²) in [6.45, 7) is 6.94. The highest BCUT2D eigenvalue weighted by molar-refractivity contribution is 5.14. The molecule has 0 N–H and O–H groups in total. The second kappa shape index (κ2) is 18.8. The Labute approximate surface area is 205 Å². The zero-order chi connectivity index (χ0) is 23.4. The number of aromatic nitrogens is 2. The minimum Gasteiger partial charge on any atom is -0.234 e. The van der Waals surface area contributed by atoms with Crippen molar-refractivity contribution in [1.82, 2.24) is 4.57 Å². The van der Waals surface area contributed by atoms with E-state index in [1.54, 1.807) is 5.82 Å². The van der Waals surface area contributed by atoms with Crippen molar-refractivity contribution < 1.29 is 4.57 Å². The molecule has 1 aromatic carbocycles. The first kappa shape index (κ1) is 27.7. The molecule has 0 saturated carbocycles. The number of nitrogens with zero attached hydrogens (tertiary/aromatic N) is 2. The Bertz CT molecular complexity index is 688. The number of hydrogen-bond donors (Lipinski definition) is 0. The van der Waals surface area contributed by atoms with Crippen LogP contribution in [0.2, 0.25) is 0 Å². The van der Waals surface area contributed by atoms with Crippen LogP contribution in [-0.2, 0) is 25.9 Å². The number of imidazole rings is 1. The minimum atomic E-state index is 1.14. The van der Waals surface area contributed by atoms with E-state index in [1.807, 2.05) is 0 Å². The van der Waals surface area contributed by atoms with Gasteiger partial charge < -0.3 is 0 Å². The highest BCUT2D eigenvalue weighted by Gasteiger charge is 2.16. The van der Waals surface area contributed by atoms with Gasteiger partial charge in [-0.3, -0.25) is 0 Å². The van der Waals surface area contributed by atoms with E-state index in [-0.39, 0.29) is 0 Å². The molecule has 0 atom stereocenters. The van der Waals surface area contributed by atoms with Crippen LogP contribution in [0.5, 0.6) is 0 Å². The van der Waals surface area contributed by atoms with Gasteiger partial charge in [-0.25, -0.2) is 9.13 Å². The fraction of sp³-hybridized carbons (Fsp3) is 0.710. The molecule has 0 aliphatic carbocycles. The quantitative estimate of drug-likeness (QED) is 0.132.